The Balaban J connectivity index is 2.26. The van der Waals surface area contributed by atoms with Crippen molar-refractivity contribution in [1.82, 2.24) is 14.8 Å². The highest BCUT2D eigenvalue weighted by molar-refractivity contribution is 7.99. The smallest absolute Gasteiger partial charge is 0.313 e. The van der Waals surface area contributed by atoms with E-state index in [0.717, 1.165) is 11.8 Å². The van der Waals surface area contributed by atoms with Gasteiger partial charge in [-0.2, -0.15) is 0 Å². The second-order valence-electron chi connectivity index (χ2n) is 5.63. The summed E-state index contributed by atoms with van der Waals surface area (Å²) in [6.45, 7) is 4.74. The predicted octanol–water partition coefficient (Wildman–Crippen LogP) is 1.01. The highest BCUT2D eigenvalue weighted by atomic mass is 32.2. The molecule has 1 N–H and O–H groups in total. The molecule has 1 saturated heterocycles. The highest BCUT2D eigenvalue weighted by Crippen LogP contribution is 2.30. The highest BCUT2D eigenvalue weighted by Gasteiger charge is 2.33. The first-order valence-corrected chi connectivity index (χ1v) is 9.57. The van der Waals surface area contributed by atoms with E-state index >= 15 is 0 Å². The molecule has 1 aromatic heterocycles. The molecule has 7 nitrogen and oxygen atoms in total. The molecular formula is C12H19N3O4S2. The molecule has 1 aliphatic heterocycles. The van der Waals surface area contributed by atoms with E-state index in [9.17, 15) is 13.2 Å². The van der Waals surface area contributed by atoms with Crippen molar-refractivity contribution < 1.29 is 18.3 Å². The Morgan fingerprint density at radius 2 is 2.19 bits per heavy atom. The van der Waals surface area contributed by atoms with Crippen LogP contribution in [0.2, 0.25) is 0 Å². The molecule has 1 unspecified atom stereocenters. The number of carbonyl (C=O) groups is 1. The fourth-order valence-electron chi connectivity index (χ4n) is 2.37. The van der Waals surface area contributed by atoms with Gasteiger partial charge in [-0.05, 0) is 12.3 Å². The molecule has 21 heavy (non-hydrogen) atoms. The summed E-state index contributed by atoms with van der Waals surface area (Å²) >= 11 is 1.12. The average Bonchev–Trinajstić information content (AvgIpc) is 2.89. The zero-order chi connectivity index (χ0) is 15.6. The maximum Gasteiger partial charge on any atom is 0.313 e. The zero-order valence-corrected chi connectivity index (χ0v) is 13.7. The molecule has 1 aromatic rings. The van der Waals surface area contributed by atoms with E-state index in [2.05, 4.69) is 10.2 Å². The predicted molar refractivity (Wildman–Crippen MR) is 79.2 cm³/mol. The van der Waals surface area contributed by atoms with Crippen LogP contribution < -0.4 is 0 Å². The first-order chi connectivity index (χ1) is 9.78. The minimum Gasteiger partial charge on any atom is -0.481 e. The molecule has 1 atom stereocenters. The Bertz CT molecular complexity index is 624. The summed E-state index contributed by atoms with van der Waals surface area (Å²) in [5.74, 6) is 0.152. The van der Waals surface area contributed by atoms with Crippen molar-refractivity contribution in [2.75, 3.05) is 17.3 Å². The van der Waals surface area contributed by atoms with Crippen LogP contribution in [0.4, 0.5) is 0 Å². The second kappa shape index (κ2) is 6.35. The molecule has 1 aliphatic rings. The molecule has 9 heteroatoms. The third-order valence-corrected chi connectivity index (χ3v) is 5.93. The number of carboxylic acids is 1. The molecule has 0 aliphatic carbocycles. The molecule has 0 amide bonds. The summed E-state index contributed by atoms with van der Waals surface area (Å²) in [4.78, 5) is 10.7. The van der Waals surface area contributed by atoms with Crippen LogP contribution in [0.3, 0.4) is 0 Å². The van der Waals surface area contributed by atoms with E-state index in [4.69, 9.17) is 5.11 Å². The van der Waals surface area contributed by atoms with Gasteiger partial charge in [0.15, 0.2) is 15.0 Å². The SMILES string of the molecule is CC(C)Cn1c(SCC(=O)O)nnc1C1CCS(=O)(=O)C1. The van der Waals surface area contributed by atoms with Crippen molar-refractivity contribution in [3.05, 3.63) is 5.82 Å². The number of carboxylic acid groups (broad SMARTS) is 1. The lowest BCUT2D eigenvalue weighted by atomic mass is 10.1. The van der Waals surface area contributed by atoms with Gasteiger partial charge in [-0.1, -0.05) is 25.6 Å². The van der Waals surface area contributed by atoms with E-state index in [1.165, 1.54) is 0 Å². The molecule has 0 saturated carbocycles. The average molecular weight is 333 g/mol. The van der Waals surface area contributed by atoms with Gasteiger partial charge in [0.2, 0.25) is 0 Å². The standard InChI is InChI=1S/C12H19N3O4S2/c1-8(2)5-15-11(9-3-4-21(18,19)7-9)13-14-12(15)20-6-10(16)17/h8-9H,3-7H2,1-2H3,(H,16,17). The van der Waals surface area contributed by atoms with Crippen molar-refractivity contribution >= 4 is 27.6 Å². The summed E-state index contributed by atoms with van der Waals surface area (Å²) in [5, 5.41) is 17.5. The minimum absolute atomic E-state index is 0.0841. The summed E-state index contributed by atoms with van der Waals surface area (Å²) < 4.78 is 25.1. The summed E-state index contributed by atoms with van der Waals surface area (Å²) in [7, 11) is -2.99. The van der Waals surface area contributed by atoms with Crippen molar-refractivity contribution in [2.24, 2.45) is 5.92 Å². The molecule has 2 rings (SSSR count). The van der Waals surface area contributed by atoms with E-state index in [0.29, 0.717) is 29.9 Å². The number of hydrogen-bond donors (Lipinski definition) is 1. The maximum absolute atomic E-state index is 11.6. The molecule has 0 radical (unpaired) electrons. The number of rotatable bonds is 6. The summed E-state index contributed by atoms with van der Waals surface area (Å²) in [5.41, 5.74) is 0. The fourth-order valence-corrected chi connectivity index (χ4v) is 4.78. The Morgan fingerprint density at radius 1 is 1.48 bits per heavy atom. The fraction of sp³-hybridized carbons (Fsp3) is 0.750. The van der Waals surface area contributed by atoms with Crippen molar-refractivity contribution in [3.8, 4) is 0 Å². The molecule has 118 valence electrons. The lowest BCUT2D eigenvalue weighted by Gasteiger charge is -2.14. The Kier molecular flexibility index (Phi) is 4.92. The van der Waals surface area contributed by atoms with Gasteiger partial charge in [0.1, 0.15) is 5.82 Å². The third-order valence-electron chi connectivity index (χ3n) is 3.22. The van der Waals surface area contributed by atoms with Gasteiger partial charge in [-0.15, -0.1) is 10.2 Å². The summed E-state index contributed by atoms with van der Waals surface area (Å²) in [6.07, 6.45) is 0.558. The molecule has 2 heterocycles. The number of thioether (sulfide) groups is 1. The van der Waals surface area contributed by atoms with Crippen LogP contribution in [0.5, 0.6) is 0 Å². The molecule has 1 fully saturated rings. The monoisotopic (exact) mass is 333 g/mol. The van der Waals surface area contributed by atoms with Gasteiger partial charge < -0.3 is 9.67 Å². The molecule has 0 spiro atoms. The van der Waals surface area contributed by atoms with Gasteiger partial charge in [-0.3, -0.25) is 4.79 Å². The summed E-state index contributed by atoms with van der Waals surface area (Å²) in [6, 6.07) is 0. The number of hydrogen-bond acceptors (Lipinski definition) is 6. The van der Waals surface area contributed by atoms with Crippen LogP contribution >= 0.6 is 11.8 Å². The van der Waals surface area contributed by atoms with Gasteiger partial charge >= 0.3 is 5.97 Å². The normalized spacial score (nSPS) is 21.0. The van der Waals surface area contributed by atoms with Crippen LogP contribution in [0.1, 0.15) is 32.0 Å². The van der Waals surface area contributed by atoms with E-state index in [1.807, 2.05) is 18.4 Å². The van der Waals surface area contributed by atoms with Gasteiger partial charge in [0.25, 0.3) is 0 Å². The topological polar surface area (TPSA) is 102 Å². The van der Waals surface area contributed by atoms with Crippen molar-refractivity contribution in [3.63, 3.8) is 0 Å². The first kappa shape index (κ1) is 16.3. The van der Waals surface area contributed by atoms with Crippen molar-refractivity contribution in [2.45, 2.75) is 37.9 Å². The van der Waals surface area contributed by atoms with Gasteiger partial charge in [-0.25, -0.2) is 8.42 Å². The van der Waals surface area contributed by atoms with Gasteiger partial charge in [0.05, 0.1) is 17.3 Å². The Hall–Kier alpha value is -1.09. The minimum atomic E-state index is -2.99. The quantitative estimate of drug-likeness (QED) is 0.775. The zero-order valence-electron chi connectivity index (χ0n) is 12.0. The number of aliphatic carboxylic acids is 1. The van der Waals surface area contributed by atoms with E-state index in [-0.39, 0.29) is 23.2 Å². The molecule has 0 bridgehead atoms. The number of sulfone groups is 1. The van der Waals surface area contributed by atoms with Crippen LogP contribution in [0, 0.1) is 5.92 Å². The number of aromatic nitrogens is 3. The second-order valence-corrected chi connectivity index (χ2v) is 8.80. The lowest BCUT2D eigenvalue weighted by molar-refractivity contribution is -0.133. The van der Waals surface area contributed by atoms with E-state index in [1.54, 1.807) is 0 Å². The molecule has 0 aromatic carbocycles. The molecular weight excluding hydrogens is 314 g/mol. The van der Waals surface area contributed by atoms with E-state index < -0.39 is 15.8 Å². The lowest BCUT2D eigenvalue weighted by Crippen LogP contribution is -2.15. The van der Waals surface area contributed by atoms with Crippen molar-refractivity contribution in [1.29, 1.82) is 0 Å². The van der Waals surface area contributed by atoms with Crippen LogP contribution in [0.25, 0.3) is 0 Å². The van der Waals surface area contributed by atoms with Crippen LogP contribution in [-0.2, 0) is 21.2 Å². The number of nitrogens with zero attached hydrogens (tertiary/aromatic N) is 3. The largest absolute Gasteiger partial charge is 0.481 e. The van der Waals surface area contributed by atoms with Gasteiger partial charge in [0, 0.05) is 12.5 Å². The Morgan fingerprint density at radius 3 is 2.71 bits per heavy atom. The van der Waals surface area contributed by atoms with Crippen LogP contribution in [0.15, 0.2) is 5.16 Å². The Labute approximate surface area is 128 Å². The maximum atomic E-state index is 11.6. The first-order valence-electron chi connectivity index (χ1n) is 6.76. The van der Waals surface area contributed by atoms with Crippen LogP contribution in [-0.4, -0.2) is 51.5 Å². The third kappa shape index (κ3) is 4.19.